The fraction of sp³-hybridized carbons (Fsp3) is 0.429. The number of alkyl halides is 3. The van der Waals surface area contributed by atoms with Crippen LogP contribution >= 0.6 is 0 Å². The second kappa shape index (κ2) is 3.79. The maximum Gasteiger partial charge on any atom is 0.433 e. The molecule has 14 heavy (non-hydrogen) atoms. The van der Waals surface area contributed by atoms with Gasteiger partial charge in [0.15, 0.2) is 0 Å². The van der Waals surface area contributed by atoms with Crippen molar-refractivity contribution >= 4 is 5.95 Å². The summed E-state index contributed by atoms with van der Waals surface area (Å²) >= 11 is 0. The van der Waals surface area contributed by atoms with Gasteiger partial charge in [-0.15, -0.1) is 0 Å². The number of nitrogens with zero attached hydrogens (tertiary/aromatic N) is 2. The number of hydrazine groups is 1. The smallest absolute Gasteiger partial charge is 0.290 e. The van der Waals surface area contributed by atoms with Crippen LogP contribution in [0.1, 0.15) is 11.4 Å². The van der Waals surface area contributed by atoms with Crippen LogP contribution in [0.3, 0.4) is 0 Å². The van der Waals surface area contributed by atoms with Crippen molar-refractivity contribution in [2.45, 2.75) is 13.1 Å². The maximum atomic E-state index is 12.2. The Balaban J connectivity index is 3.07. The molecular weight excluding hydrogens is 197 g/mol. The molecule has 0 aliphatic carbocycles. The predicted octanol–water partition coefficient (Wildman–Crippen LogP) is 1.35. The fourth-order valence-corrected chi connectivity index (χ4v) is 0.881. The summed E-state index contributed by atoms with van der Waals surface area (Å²) in [5.74, 6) is -0.0974. The highest BCUT2D eigenvalue weighted by molar-refractivity contribution is 5.27. The van der Waals surface area contributed by atoms with Crippen LogP contribution in [-0.2, 0) is 6.18 Å². The first-order chi connectivity index (χ1) is 6.43. The minimum atomic E-state index is -4.45. The van der Waals surface area contributed by atoms with E-state index in [9.17, 15) is 13.2 Å². The zero-order valence-electron chi connectivity index (χ0n) is 7.61. The first-order valence-electron chi connectivity index (χ1n) is 3.79. The average Bonchev–Trinajstić information content (AvgIpc) is 2.02. The Kier molecular flexibility index (Phi) is 2.90. The molecule has 0 saturated heterocycles. The van der Waals surface area contributed by atoms with Crippen LogP contribution < -0.4 is 10.9 Å². The summed E-state index contributed by atoms with van der Waals surface area (Å²) in [5, 5.41) is 0. The molecule has 0 fully saturated rings. The van der Waals surface area contributed by atoms with Gasteiger partial charge >= 0.3 is 6.18 Å². The highest BCUT2D eigenvalue weighted by Crippen LogP contribution is 2.28. The van der Waals surface area contributed by atoms with Crippen molar-refractivity contribution < 1.29 is 13.2 Å². The summed E-state index contributed by atoms with van der Waals surface area (Å²) in [6, 6.07) is 0.890. The lowest BCUT2D eigenvalue weighted by atomic mass is 10.3. The molecule has 0 bridgehead atoms. The van der Waals surface area contributed by atoms with Gasteiger partial charge in [-0.25, -0.2) is 15.4 Å². The van der Waals surface area contributed by atoms with Crippen LogP contribution in [0.15, 0.2) is 6.07 Å². The van der Waals surface area contributed by atoms with Gasteiger partial charge in [0.05, 0.1) is 0 Å². The zero-order valence-corrected chi connectivity index (χ0v) is 7.61. The Morgan fingerprint density at radius 2 is 1.93 bits per heavy atom. The number of aromatic nitrogens is 2. The van der Waals surface area contributed by atoms with E-state index >= 15 is 0 Å². The van der Waals surface area contributed by atoms with E-state index in [0.29, 0.717) is 0 Å². The van der Waals surface area contributed by atoms with Gasteiger partial charge in [0.1, 0.15) is 5.69 Å². The molecule has 0 amide bonds. The summed E-state index contributed by atoms with van der Waals surface area (Å²) in [6.45, 7) is 1.47. The lowest BCUT2D eigenvalue weighted by molar-refractivity contribution is -0.141. The molecule has 1 rings (SSSR count). The van der Waals surface area contributed by atoms with E-state index in [2.05, 4.69) is 20.8 Å². The molecule has 0 aliphatic rings. The molecule has 7 heteroatoms. The van der Waals surface area contributed by atoms with Crippen molar-refractivity contribution in [1.29, 1.82) is 0 Å². The Hall–Kier alpha value is -1.37. The van der Waals surface area contributed by atoms with E-state index in [1.165, 1.54) is 14.0 Å². The minimum absolute atomic E-state index is 0.0974. The quantitative estimate of drug-likeness (QED) is 0.717. The van der Waals surface area contributed by atoms with Crippen molar-refractivity contribution in [1.82, 2.24) is 15.4 Å². The van der Waals surface area contributed by atoms with Gasteiger partial charge in [0.2, 0.25) is 5.95 Å². The van der Waals surface area contributed by atoms with Gasteiger partial charge in [0, 0.05) is 12.7 Å². The van der Waals surface area contributed by atoms with Gasteiger partial charge < -0.3 is 0 Å². The van der Waals surface area contributed by atoms with Crippen molar-refractivity contribution in [3.05, 3.63) is 17.5 Å². The van der Waals surface area contributed by atoms with E-state index < -0.39 is 11.9 Å². The SMILES string of the molecule is CNNc1nc(C)cc(C(F)(F)F)n1. The normalized spacial score (nSPS) is 11.5. The van der Waals surface area contributed by atoms with Gasteiger partial charge in [-0.3, -0.25) is 5.43 Å². The lowest BCUT2D eigenvalue weighted by Gasteiger charge is -2.09. The van der Waals surface area contributed by atoms with Crippen molar-refractivity contribution in [3.8, 4) is 0 Å². The molecular formula is C7H9F3N4. The van der Waals surface area contributed by atoms with Crippen molar-refractivity contribution in [2.75, 3.05) is 12.5 Å². The predicted molar refractivity (Wildman–Crippen MR) is 44.5 cm³/mol. The van der Waals surface area contributed by atoms with Crippen LogP contribution in [-0.4, -0.2) is 17.0 Å². The molecule has 1 aromatic rings. The number of nitrogens with one attached hydrogen (secondary N) is 2. The van der Waals surface area contributed by atoms with Crippen LogP contribution in [0.25, 0.3) is 0 Å². The molecule has 4 nitrogen and oxygen atoms in total. The first-order valence-corrected chi connectivity index (χ1v) is 3.79. The monoisotopic (exact) mass is 206 g/mol. The van der Waals surface area contributed by atoms with E-state index in [-0.39, 0.29) is 11.6 Å². The van der Waals surface area contributed by atoms with Gasteiger partial charge in [-0.1, -0.05) is 0 Å². The second-order valence-electron chi connectivity index (χ2n) is 2.59. The molecule has 0 aliphatic heterocycles. The van der Waals surface area contributed by atoms with Gasteiger partial charge in [0.25, 0.3) is 0 Å². The highest BCUT2D eigenvalue weighted by Gasteiger charge is 2.33. The van der Waals surface area contributed by atoms with Crippen molar-refractivity contribution in [3.63, 3.8) is 0 Å². The standard InChI is InChI=1S/C7H9F3N4/c1-4-3-5(7(8,9)10)13-6(12-4)14-11-2/h3,11H,1-2H3,(H,12,13,14). The Bertz CT molecular complexity index is 323. The Morgan fingerprint density at radius 1 is 1.29 bits per heavy atom. The van der Waals surface area contributed by atoms with E-state index in [4.69, 9.17) is 0 Å². The molecule has 1 heterocycles. The number of hydrogen-bond donors (Lipinski definition) is 2. The highest BCUT2D eigenvalue weighted by atomic mass is 19.4. The summed E-state index contributed by atoms with van der Waals surface area (Å²) in [6.07, 6.45) is -4.45. The lowest BCUT2D eigenvalue weighted by Crippen LogP contribution is -2.19. The van der Waals surface area contributed by atoms with Crippen LogP contribution in [0, 0.1) is 6.92 Å². The Labute approximate surface area is 78.5 Å². The van der Waals surface area contributed by atoms with Crippen LogP contribution in [0.2, 0.25) is 0 Å². The van der Waals surface area contributed by atoms with E-state index in [0.717, 1.165) is 6.07 Å². The molecule has 0 radical (unpaired) electrons. The third-order valence-corrected chi connectivity index (χ3v) is 1.38. The fourth-order valence-electron chi connectivity index (χ4n) is 0.881. The van der Waals surface area contributed by atoms with E-state index in [1.807, 2.05) is 0 Å². The third kappa shape index (κ3) is 2.56. The number of aryl methyl sites for hydroxylation is 1. The molecule has 0 atom stereocenters. The maximum absolute atomic E-state index is 12.2. The second-order valence-corrected chi connectivity index (χ2v) is 2.59. The van der Waals surface area contributed by atoms with Crippen LogP contribution in [0.4, 0.5) is 19.1 Å². The third-order valence-electron chi connectivity index (χ3n) is 1.38. The molecule has 2 N–H and O–H groups in total. The largest absolute Gasteiger partial charge is 0.433 e. The average molecular weight is 206 g/mol. The Morgan fingerprint density at radius 3 is 2.43 bits per heavy atom. The van der Waals surface area contributed by atoms with Crippen LogP contribution in [0.5, 0.6) is 0 Å². The van der Waals surface area contributed by atoms with Gasteiger partial charge in [-0.05, 0) is 13.0 Å². The molecule has 78 valence electrons. The summed E-state index contributed by atoms with van der Waals surface area (Å²) < 4.78 is 36.7. The first kappa shape index (κ1) is 10.7. The van der Waals surface area contributed by atoms with Crippen molar-refractivity contribution in [2.24, 2.45) is 0 Å². The summed E-state index contributed by atoms with van der Waals surface area (Å²) in [7, 11) is 1.51. The number of anilines is 1. The molecule has 0 aromatic carbocycles. The summed E-state index contributed by atoms with van der Waals surface area (Å²) in [5.41, 5.74) is 4.14. The number of hydrogen-bond acceptors (Lipinski definition) is 4. The number of halogens is 3. The molecule has 0 saturated carbocycles. The zero-order chi connectivity index (χ0) is 10.8. The number of rotatable bonds is 2. The summed E-state index contributed by atoms with van der Waals surface area (Å²) in [4.78, 5) is 7.04. The van der Waals surface area contributed by atoms with E-state index in [1.54, 1.807) is 0 Å². The molecule has 0 unspecified atom stereocenters. The minimum Gasteiger partial charge on any atom is -0.290 e. The van der Waals surface area contributed by atoms with Gasteiger partial charge in [-0.2, -0.15) is 13.2 Å². The molecule has 1 aromatic heterocycles. The molecule has 0 spiro atoms. The topological polar surface area (TPSA) is 49.8 Å².